The van der Waals surface area contributed by atoms with Crippen LogP contribution in [0.25, 0.3) is 0 Å². The molecule has 0 saturated carbocycles. The average molecular weight is 403 g/mol. The number of benzene rings is 2. The van der Waals surface area contributed by atoms with Crippen molar-refractivity contribution in [1.29, 1.82) is 0 Å². The fraction of sp³-hybridized carbons (Fsp3) is 0.286. The first-order valence-electron chi connectivity index (χ1n) is 8.89. The zero-order chi connectivity index (χ0) is 20.3. The fourth-order valence-corrected chi connectivity index (χ4v) is 3.38. The molecule has 0 radical (unpaired) electrons. The number of ether oxygens (including phenoxy) is 1. The van der Waals surface area contributed by atoms with E-state index >= 15 is 0 Å². The maximum atomic E-state index is 14.6. The van der Waals surface area contributed by atoms with Crippen LogP contribution in [-0.2, 0) is 14.3 Å². The fourth-order valence-electron chi connectivity index (χ4n) is 3.21. The van der Waals surface area contributed by atoms with E-state index in [0.717, 1.165) is 0 Å². The van der Waals surface area contributed by atoms with E-state index in [1.54, 1.807) is 43.4 Å². The van der Waals surface area contributed by atoms with Crippen molar-refractivity contribution in [2.24, 2.45) is 4.99 Å². The quantitative estimate of drug-likeness (QED) is 0.710. The molecule has 0 N–H and O–H groups in total. The Bertz CT molecular complexity index is 945. The number of amides is 1. The lowest BCUT2D eigenvalue weighted by Gasteiger charge is -2.20. The van der Waals surface area contributed by atoms with Crippen molar-refractivity contribution >= 4 is 34.9 Å². The first kappa shape index (κ1) is 20.0. The molecule has 0 unspecified atom stereocenters. The molecule has 5 nitrogen and oxygen atoms in total. The topological polar surface area (TPSA) is 59.0 Å². The minimum atomic E-state index is -0.740. The van der Waals surface area contributed by atoms with Gasteiger partial charge in [0.05, 0.1) is 18.5 Å². The van der Waals surface area contributed by atoms with Gasteiger partial charge in [0.15, 0.2) is 0 Å². The van der Waals surface area contributed by atoms with Crippen LogP contribution < -0.4 is 4.90 Å². The Kier molecular flexibility index (Phi) is 6.09. The Labute approximate surface area is 167 Å². The van der Waals surface area contributed by atoms with E-state index in [1.807, 2.05) is 0 Å². The molecule has 146 valence electrons. The predicted molar refractivity (Wildman–Crippen MR) is 107 cm³/mol. The van der Waals surface area contributed by atoms with Gasteiger partial charge in [-0.1, -0.05) is 23.7 Å². The summed E-state index contributed by atoms with van der Waals surface area (Å²) < 4.78 is 19.2. The maximum absolute atomic E-state index is 14.6. The number of likely N-dealkylation sites (N-methyl/N-ethyl adjacent to an activating group) is 1. The summed E-state index contributed by atoms with van der Waals surface area (Å²) >= 11 is 6.17. The van der Waals surface area contributed by atoms with Crippen LogP contribution in [0.2, 0.25) is 5.02 Å². The second-order valence-electron chi connectivity index (χ2n) is 6.50. The first-order valence-corrected chi connectivity index (χ1v) is 9.27. The maximum Gasteiger partial charge on any atom is 0.305 e. The molecule has 1 atom stereocenters. The van der Waals surface area contributed by atoms with Crippen LogP contribution in [0.15, 0.2) is 47.5 Å². The summed E-state index contributed by atoms with van der Waals surface area (Å²) in [6.45, 7) is 0. The van der Waals surface area contributed by atoms with Gasteiger partial charge < -0.3 is 9.64 Å². The largest absolute Gasteiger partial charge is 0.469 e. The summed E-state index contributed by atoms with van der Waals surface area (Å²) in [5, 5.41) is 0.466. The van der Waals surface area contributed by atoms with Crippen molar-refractivity contribution in [2.75, 3.05) is 19.1 Å². The number of fused-ring (bicyclic) bond motifs is 1. The zero-order valence-corrected chi connectivity index (χ0v) is 16.4. The number of carbonyl (C=O) groups is 2. The van der Waals surface area contributed by atoms with Gasteiger partial charge in [-0.05, 0) is 43.2 Å². The normalized spacial score (nSPS) is 16.3. The standard InChI is InChI=1S/C21H20ClFN2O3/c1-25-18-11-10-13(22)12-15(18)20(14-6-3-4-7-16(14)23)24-17(21(25)27)8-5-9-19(26)28-2/h3-4,6-7,10-12,17H,5,8-9H2,1-2H3/t17-/m0/s1. The van der Waals surface area contributed by atoms with E-state index in [4.69, 9.17) is 11.6 Å². The Morgan fingerprint density at radius 1 is 1.25 bits per heavy atom. The molecule has 0 spiro atoms. The van der Waals surface area contributed by atoms with Crippen LogP contribution in [0.4, 0.5) is 10.1 Å². The van der Waals surface area contributed by atoms with Crippen molar-refractivity contribution in [3.8, 4) is 0 Å². The van der Waals surface area contributed by atoms with Crippen molar-refractivity contribution in [2.45, 2.75) is 25.3 Å². The molecule has 2 aromatic rings. The lowest BCUT2D eigenvalue weighted by atomic mass is 9.99. The van der Waals surface area contributed by atoms with Gasteiger partial charge in [-0.3, -0.25) is 14.6 Å². The van der Waals surface area contributed by atoms with Crippen LogP contribution in [-0.4, -0.2) is 37.8 Å². The third-order valence-electron chi connectivity index (χ3n) is 4.69. The van der Waals surface area contributed by atoms with Gasteiger partial charge in [0.1, 0.15) is 11.9 Å². The minimum Gasteiger partial charge on any atom is -0.469 e. The number of carbonyl (C=O) groups excluding carboxylic acids is 2. The molecule has 1 amide bonds. The zero-order valence-electron chi connectivity index (χ0n) is 15.6. The van der Waals surface area contributed by atoms with Crippen LogP contribution >= 0.6 is 11.6 Å². The molecule has 0 aliphatic carbocycles. The van der Waals surface area contributed by atoms with Crippen molar-refractivity contribution in [3.05, 3.63) is 64.4 Å². The highest BCUT2D eigenvalue weighted by Crippen LogP contribution is 2.31. The molecule has 1 aliphatic heterocycles. The van der Waals surface area contributed by atoms with Crippen molar-refractivity contribution in [3.63, 3.8) is 0 Å². The van der Waals surface area contributed by atoms with Crippen LogP contribution in [0.5, 0.6) is 0 Å². The van der Waals surface area contributed by atoms with Crippen LogP contribution in [0, 0.1) is 5.82 Å². The highest BCUT2D eigenvalue weighted by molar-refractivity contribution is 6.32. The number of hydrogen-bond acceptors (Lipinski definition) is 4. The van der Waals surface area contributed by atoms with Gasteiger partial charge in [0.2, 0.25) is 0 Å². The van der Waals surface area contributed by atoms with Crippen molar-refractivity contribution in [1.82, 2.24) is 0 Å². The SMILES string of the molecule is COC(=O)CCC[C@@H]1N=C(c2ccccc2F)c2cc(Cl)ccc2N(C)C1=O. The molecule has 28 heavy (non-hydrogen) atoms. The molecular formula is C21H20ClFN2O3. The predicted octanol–water partition coefficient (Wildman–Crippen LogP) is 4.00. The van der Waals surface area contributed by atoms with E-state index < -0.39 is 11.9 Å². The minimum absolute atomic E-state index is 0.188. The highest BCUT2D eigenvalue weighted by Gasteiger charge is 2.30. The molecule has 0 saturated heterocycles. The molecular weight excluding hydrogens is 383 g/mol. The Balaban J connectivity index is 2.07. The first-order chi connectivity index (χ1) is 13.4. The highest BCUT2D eigenvalue weighted by atomic mass is 35.5. The summed E-state index contributed by atoms with van der Waals surface area (Å²) in [7, 11) is 2.98. The Morgan fingerprint density at radius 2 is 2.00 bits per heavy atom. The second-order valence-corrected chi connectivity index (χ2v) is 6.94. The van der Waals surface area contributed by atoms with Gasteiger partial charge >= 0.3 is 5.97 Å². The molecule has 0 aromatic heterocycles. The Hall–Kier alpha value is -2.73. The van der Waals surface area contributed by atoms with Gasteiger partial charge in [0, 0.05) is 29.6 Å². The number of esters is 1. The number of halogens is 2. The summed E-state index contributed by atoms with van der Waals surface area (Å²) in [6, 6.07) is 10.6. The van der Waals surface area contributed by atoms with Gasteiger partial charge in [0.25, 0.3) is 5.91 Å². The van der Waals surface area contributed by atoms with Gasteiger partial charge in [-0.15, -0.1) is 0 Å². The van der Waals surface area contributed by atoms with Crippen molar-refractivity contribution < 1.29 is 18.7 Å². The van der Waals surface area contributed by atoms with Gasteiger partial charge in [-0.25, -0.2) is 4.39 Å². The number of anilines is 1. The van der Waals surface area contributed by atoms with E-state index in [0.29, 0.717) is 40.4 Å². The van der Waals surface area contributed by atoms with E-state index in [2.05, 4.69) is 9.73 Å². The van der Waals surface area contributed by atoms with E-state index in [1.165, 1.54) is 18.1 Å². The monoisotopic (exact) mass is 402 g/mol. The summed E-state index contributed by atoms with van der Waals surface area (Å²) in [4.78, 5) is 30.5. The number of hydrogen-bond donors (Lipinski definition) is 0. The lowest BCUT2D eigenvalue weighted by Crippen LogP contribution is -2.34. The van der Waals surface area contributed by atoms with E-state index in [9.17, 15) is 14.0 Å². The molecule has 1 aliphatic rings. The van der Waals surface area contributed by atoms with Crippen LogP contribution in [0.1, 0.15) is 30.4 Å². The summed E-state index contributed by atoms with van der Waals surface area (Å²) in [5.41, 5.74) is 1.86. The molecule has 3 rings (SSSR count). The number of nitrogens with zero attached hydrogens (tertiary/aromatic N) is 2. The Morgan fingerprint density at radius 3 is 2.71 bits per heavy atom. The molecule has 0 fully saturated rings. The smallest absolute Gasteiger partial charge is 0.305 e. The molecule has 0 bridgehead atoms. The molecule has 2 aromatic carbocycles. The third-order valence-corrected chi connectivity index (χ3v) is 4.93. The summed E-state index contributed by atoms with van der Waals surface area (Å²) in [5.74, 6) is -1.000. The lowest BCUT2D eigenvalue weighted by molar-refractivity contribution is -0.140. The number of aliphatic imine (C=N–C) groups is 1. The average Bonchev–Trinajstić information content (AvgIpc) is 2.78. The third kappa shape index (κ3) is 4.07. The number of benzodiazepines with no additional fused rings is 1. The number of rotatable bonds is 5. The second kappa shape index (κ2) is 8.52. The van der Waals surface area contributed by atoms with E-state index in [-0.39, 0.29) is 18.3 Å². The number of methoxy groups -OCH3 is 1. The van der Waals surface area contributed by atoms with Gasteiger partial charge in [-0.2, -0.15) is 0 Å². The molecule has 1 heterocycles. The van der Waals surface area contributed by atoms with Crippen LogP contribution in [0.3, 0.4) is 0 Å². The molecule has 7 heteroatoms. The summed E-state index contributed by atoms with van der Waals surface area (Å²) in [6.07, 6.45) is 0.966.